The van der Waals surface area contributed by atoms with E-state index in [9.17, 15) is 9.59 Å². The van der Waals surface area contributed by atoms with Crippen LogP contribution in [0, 0.1) is 12.8 Å². The molecule has 4 heterocycles. The Balaban J connectivity index is 1.64. The number of amides is 1. The van der Waals surface area contributed by atoms with Crippen molar-refractivity contribution in [2.45, 2.75) is 31.8 Å². The monoisotopic (exact) mass is 329 g/mol. The van der Waals surface area contributed by atoms with Gasteiger partial charge in [0.05, 0.1) is 6.54 Å². The van der Waals surface area contributed by atoms with Gasteiger partial charge >= 0.3 is 0 Å². The number of fused-ring (bicyclic) bond motifs is 4. The molecular weight excluding hydrogens is 310 g/mol. The first-order valence-electron chi connectivity index (χ1n) is 8.13. The van der Waals surface area contributed by atoms with Gasteiger partial charge in [-0.1, -0.05) is 16.4 Å². The van der Waals surface area contributed by atoms with Gasteiger partial charge in [-0.2, -0.15) is 0 Å². The number of hydrogen-bond acceptors (Lipinski definition) is 6. The Labute approximate surface area is 138 Å². The van der Waals surface area contributed by atoms with Crippen LogP contribution in [-0.4, -0.2) is 33.9 Å². The zero-order chi connectivity index (χ0) is 16.7. The summed E-state index contributed by atoms with van der Waals surface area (Å²) in [5.74, 6) is 0.218. The van der Waals surface area contributed by atoms with Crippen LogP contribution in [0.25, 0.3) is 0 Å². The maximum Gasteiger partial charge on any atom is 0.251 e. The molecule has 2 N–H and O–H groups in total. The Morgan fingerprint density at radius 1 is 1.42 bits per heavy atom. The van der Waals surface area contributed by atoms with E-state index < -0.39 is 6.04 Å². The highest BCUT2D eigenvalue weighted by atomic mass is 16.6. The number of carbonyl (C=O) groups excluding carboxylic acids is 1. The fraction of sp³-hybridized carbons (Fsp3) is 0.500. The van der Waals surface area contributed by atoms with Crippen LogP contribution in [-0.2, 0) is 11.3 Å². The molecule has 24 heavy (non-hydrogen) atoms. The van der Waals surface area contributed by atoms with Gasteiger partial charge in [-0.25, -0.2) is 4.63 Å². The first-order valence-corrected chi connectivity index (χ1v) is 8.13. The average Bonchev–Trinajstić information content (AvgIpc) is 2.99. The van der Waals surface area contributed by atoms with E-state index in [4.69, 9.17) is 0 Å². The van der Waals surface area contributed by atoms with Crippen molar-refractivity contribution >= 4 is 5.91 Å². The summed E-state index contributed by atoms with van der Waals surface area (Å²) in [5.41, 5.74) is 2.06. The highest BCUT2D eigenvalue weighted by Crippen LogP contribution is 2.38. The van der Waals surface area contributed by atoms with E-state index in [2.05, 4.69) is 25.6 Å². The predicted octanol–water partition coefficient (Wildman–Crippen LogP) is 0.104. The molecule has 2 bridgehead atoms. The predicted molar refractivity (Wildman–Crippen MR) is 84.3 cm³/mol. The molecule has 1 fully saturated rings. The van der Waals surface area contributed by atoms with Crippen molar-refractivity contribution in [2.24, 2.45) is 5.92 Å². The summed E-state index contributed by atoms with van der Waals surface area (Å²) in [4.78, 5) is 25.3. The smallest absolute Gasteiger partial charge is 0.251 e. The molecule has 2 aromatic rings. The topological polar surface area (TPSA) is 102 Å². The van der Waals surface area contributed by atoms with E-state index in [1.807, 2.05) is 6.07 Å². The van der Waals surface area contributed by atoms with Gasteiger partial charge < -0.3 is 10.6 Å². The molecule has 0 radical (unpaired) electrons. The van der Waals surface area contributed by atoms with Gasteiger partial charge in [0, 0.05) is 36.7 Å². The van der Waals surface area contributed by atoms with Gasteiger partial charge in [-0.3, -0.25) is 14.2 Å². The molecule has 8 nitrogen and oxygen atoms in total. The molecule has 126 valence electrons. The van der Waals surface area contributed by atoms with Gasteiger partial charge in [-0.05, 0) is 19.4 Å². The third-order valence-electron chi connectivity index (χ3n) is 4.99. The Hall–Kier alpha value is -2.48. The quantitative estimate of drug-likeness (QED) is 0.828. The zero-order valence-corrected chi connectivity index (χ0v) is 13.4. The van der Waals surface area contributed by atoms with Crippen LogP contribution >= 0.6 is 0 Å². The number of aryl methyl sites for hydroxylation is 1. The molecule has 1 saturated heterocycles. The summed E-state index contributed by atoms with van der Waals surface area (Å²) < 4.78 is 6.32. The van der Waals surface area contributed by atoms with E-state index >= 15 is 0 Å². The molecule has 8 heteroatoms. The highest BCUT2D eigenvalue weighted by molar-refractivity contribution is 5.81. The number of nitrogens with zero attached hydrogens (tertiary/aromatic N) is 3. The lowest BCUT2D eigenvalue weighted by Crippen LogP contribution is -2.52. The third kappa shape index (κ3) is 2.43. The normalized spacial score (nSPS) is 25.1. The number of aromatic nitrogens is 3. The van der Waals surface area contributed by atoms with Gasteiger partial charge in [-0.15, -0.1) is 0 Å². The van der Waals surface area contributed by atoms with Crippen molar-refractivity contribution in [3.63, 3.8) is 0 Å². The summed E-state index contributed by atoms with van der Waals surface area (Å²) >= 11 is 0. The molecule has 0 aliphatic carbocycles. The lowest BCUT2D eigenvalue weighted by molar-refractivity contribution is -0.127. The maximum atomic E-state index is 12.8. The summed E-state index contributed by atoms with van der Waals surface area (Å²) in [6.45, 7) is 3.59. The minimum absolute atomic E-state index is 0.105. The standard InChI is InChI=1S/C16H19N5O3/c1-9-12(20-24-19-9)8-18-16(23)15-11-5-10(6-17-7-11)13-3-2-4-14(22)21(13)15/h2-4,10-11,15,17H,5-8H2,1H3,(H,18,23)/t10-,11+,15-/m1/s1. The van der Waals surface area contributed by atoms with Crippen LogP contribution in [0.2, 0.25) is 0 Å². The third-order valence-corrected chi connectivity index (χ3v) is 4.99. The molecule has 0 unspecified atom stereocenters. The largest absolute Gasteiger partial charge is 0.348 e. The lowest BCUT2D eigenvalue weighted by atomic mass is 9.79. The number of nitrogens with one attached hydrogen (secondary N) is 2. The van der Waals surface area contributed by atoms with E-state index in [0.717, 1.165) is 25.2 Å². The fourth-order valence-corrected chi connectivity index (χ4v) is 3.82. The molecule has 1 amide bonds. The lowest BCUT2D eigenvalue weighted by Gasteiger charge is -2.42. The van der Waals surface area contributed by atoms with Gasteiger partial charge in [0.25, 0.3) is 5.56 Å². The van der Waals surface area contributed by atoms with E-state index in [1.165, 1.54) is 6.07 Å². The number of rotatable bonds is 3. The molecule has 0 spiro atoms. The molecule has 0 aromatic carbocycles. The van der Waals surface area contributed by atoms with Crippen molar-refractivity contribution in [2.75, 3.05) is 13.1 Å². The Kier molecular flexibility index (Phi) is 3.68. The molecular formula is C16H19N5O3. The second-order valence-corrected chi connectivity index (χ2v) is 6.47. The SMILES string of the molecule is Cc1nonc1CNC(=O)[C@H]1[C@@H]2CNC[C@@H](C2)c2cccc(=O)n21. The highest BCUT2D eigenvalue weighted by Gasteiger charge is 2.41. The van der Waals surface area contributed by atoms with Crippen LogP contribution < -0.4 is 16.2 Å². The summed E-state index contributed by atoms with van der Waals surface area (Å²) in [6.07, 6.45) is 0.916. The number of hydrogen-bond donors (Lipinski definition) is 2. The number of piperidine rings is 1. The van der Waals surface area contributed by atoms with Crippen LogP contribution in [0.5, 0.6) is 0 Å². The van der Waals surface area contributed by atoms with Gasteiger partial charge in [0.15, 0.2) is 0 Å². The van der Waals surface area contributed by atoms with Crippen molar-refractivity contribution in [1.82, 2.24) is 25.5 Å². The minimum atomic E-state index is -0.502. The molecule has 2 aliphatic rings. The summed E-state index contributed by atoms with van der Waals surface area (Å²) in [6, 6.07) is 4.73. The van der Waals surface area contributed by atoms with Crippen molar-refractivity contribution in [1.29, 1.82) is 0 Å². The first-order chi connectivity index (χ1) is 11.6. The van der Waals surface area contributed by atoms with Crippen molar-refractivity contribution in [3.05, 3.63) is 45.6 Å². The van der Waals surface area contributed by atoms with Crippen LogP contribution in [0.15, 0.2) is 27.6 Å². The Morgan fingerprint density at radius 3 is 3.08 bits per heavy atom. The maximum absolute atomic E-state index is 12.8. The van der Waals surface area contributed by atoms with Crippen molar-refractivity contribution in [3.8, 4) is 0 Å². The van der Waals surface area contributed by atoms with Crippen LogP contribution in [0.4, 0.5) is 0 Å². The van der Waals surface area contributed by atoms with Crippen molar-refractivity contribution < 1.29 is 9.42 Å². The van der Waals surface area contributed by atoms with Crippen LogP contribution in [0.1, 0.15) is 35.5 Å². The summed E-state index contributed by atoms with van der Waals surface area (Å²) in [5, 5.41) is 13.7. The van der Waals surface area contributed by atoms with Gasteiger partial charge in [0.2, 0.25) is 5.91 Å². The van der Waals surface area contributed by atoms with Crippen LogP contribution in [0.3, 0.4) is 0 Å². The minimum Gasteiger partial charge on any atom is -0.348 e. The number of pyridine rings is 1. The molecule has 0 saturated carbocycles. The second-order valence-electron chi connectivity index (χ2n) is 6.47. The Bertz CT molecular complexity index is 827. The van der Waals surface area contributed by atoms with Gasteiger partial charge in [0.1, 0.15) is 17.4 Å². The summed E-state index contributed by atoms with van der Waals surface area (Å²) in [7, 11) is 0. The van der Waals surface area contributed by atoms with E-state index in [-0.39, 0.29) is 29.8 Å². The second kappa shape index (κ2) is 5.86. The van der Waals surface area contributed by atoms with E-state index in [0.29, 0.717) is 11.4 Å². The molecule has 3 atom stereocenters. The fourth-order valence-electron chi connectivity index (χ4n) is 3.82. The molecule has 4 rings (SSSR count). The molecule has 2 aromatic heterocycles. The average molecular weight is 329 g/mol. The number of carbonyl (C=O) groups is 1. The van der Waals surface area contributed by atoms with E-state index in [1.54, 1.807) is 17.6 Å². The molecule has 2 aliphatic heterocycles. The first kappa shape index (κ1) is 15.1. The Morgan fingerprint density at radius 2 is 2.29 bits per heavy atom. The zero-order valence-electron chi connectivity index (χ0n) is 13.4.